The molecule has 0 fully saturated rings. The molecule has 0 aliphatic heterocycles. The van der Waals surface area contributed by atoms with Gasteiger partial charge in [0.2, 0.25) is 0 Å². The average Bonchev–Trinajstić information content (AvgIpc) is 2.87. The summed E-state index contributed by atoms with van der Waals surface area (Å²) in [5.41, 5.74) is 2.39. The lowest BCUT2D eigenvalue weighted by Crippen LogP contribution is -2.00. The molecule has 1 N–H and O–H groups in total. The number of fused-ring (bicyclic) bond motifs is 1. The van der Waals surface area contributed by atoms with Gasteiger partial charge in [-0.15, -0.1) is 0 Å². The second kappa shape index (κ2) is 4.96. The molecule has 0 atom stereocenters. The standard InChI is InChI=1S/C16H14NO/c1-2-4-13(5-3-1)9-11-18-15-6-7-16-14(12-15)8-10-17-16/h1-8,12,17H,9,11H2. The van der Waals surface area contributed by atoms with Crippen molar-refractivity contribution in [2.24, 2.45) is 0 Å². The molecule has 1 heterocycles. The maximum absolute atomic E-state index is 5.76. The van der Waals surface area contributed by atoms with Crippen molar-refractivity contribution in [1.82, 2.24) is 4.98 Å². The van der Waals surface area contributed by atoms with E-state index >= 15 is 0 Å². The molecule has 0 bridgehead atoms. The Kier molecular flexibility index (Phi) is 3.01. The van der Waals surface area contributed by atoms with Crippen molar-refractivity contribution in [3.8, 4) is 5.75 Å². The molecule has 0 spiro atoms. The van der Waals surface area contributed by atoms with Crippen LogP contribution in [0.1, 0.15) is 5.56 Å². The highest BCUT2D eigenvalue weighted by molar-refractivity contribution is 5.80. The number of aromatic nitrogens is 1. The van der Waals surface area contributed by atoms with Gasteiger partial charge in [0.1, 0.15) is 5.75 Å². The van der Waals surface area contributed by atoms with Gasteiger partial charge in [-0.05, 0) is 29.8 Å². The van der Waals surface area contributed by atoms with E-state index in [-0.39, 0.29) is 0 Å². The van der Waals surface area contributed by atoms with Gasteiger partial charge in [-0.3, -0.25) is 0 Å². The first-order chi connectivity index (χ1) is 8.92. The van der Waals surface area contributed by atoms with Crippen molar-refractivity contribution in [1.29, 1.82) is 0 Å². The number of benzene rings is 2. The zero-order chi connectivity index (χ0) is 12.2. The Morgan fingerprint density at radius 2 is 1.94 bits per heavy atom. The van der Waals surface area contributed by atoms with E-state index in [4.69, 9.17) is 4.74 Å². The summed E-state index contributed by atoms with van der Waals surface area (Å²) in [4.78, 5) is 3.05. The summed E-state index contributed by atoms with van der Waals surface area (Å²) in [5.74, 6) is 0.909. The van der Waals surface area contributed by atoms with E-state index in [1.165, 1.54) is 5.56 Å². The van der Waals surface area contributed by atoms with Gasteiger partial charge in [0, 0.05) is 17.3 Å². The Bertz CT molecular complexity index is 628. The van der Waals surface area contributed by atoms with Crippen molar-refractivity contribution >= 4 is 10.9 Å². The van der Waals surface area contributed by atoms with Crippen LogP contribution in [-0.2, 0) is 6.42 Å². The molecule has 18 heavy (non-hydrogen) atoms. The summed E-state index contributed by atoms with van der Waals surface area (Å²) in [6, 6.07) is 18.3. The first-order valence-corrected chi connectivity index (χ1v) is 6.07. The first kappa shape index (κ1) is 10.9. The summed E-state index contributed by atoms with van der Waals surface area (Å²) in [6.45, 7) is 0.698. The molecule has 2 nitrogen and oxygen atoms in total. The number of H-pyrrole nitrogens is 1. The number of hydrogen-bond donors (Lipinski definition) is 1. The Labute approximate surface area is 106 Å². The molecular weight excluding hydrogens is 222 g/mol. The predicted molar refractivity (Wildman–Crippen MR) is 72.8 cm³/mol. The van der Waals surface area contributed by atoms with Crippen molar-refractivity contribution in [2.75, 3.05) is 6.61 Å². The minimum Gasteiger partial charge on any atom is -0.493 e. The van der Waals surface area contributed by atoms with Crippen LogP contribution in [0.25, 0.3) is 10.9 Å². The molecule has 1 radical (unpaired) electrons. The van der Waals surface area contributed by atoms with Gasteiger partial charge in [0.05, 0.1) is 12.8 Å². The quantitative estimate of drug-likeness (QED) is 0.735. The van der Waals surface area contributed by atoms with Crippen LogP contribution in [0.4, 0.5) is 0 Å². The van der Waals surface area contributed by atoms with Gasteiger partial charge in [-0.2, -0.15) is 0 Å². The van der Waals surface area contributed by atoms with E-state index in [0.29, 0.717) is 6.61 Å². The fraction of sp³-hybridized carbons (Fsp3) is 0.125. The van der Waals surface area contributed by atoms with E-state index in [0.717, 1.165) is 23.1 Å². The second-order valence-electron chi connectivity index (χ2n) is 4.25. The highest BCUT2D eigenvalue weighted by Gasteiger charge is 1.98. The molecule has 3 aromatic rings. The summed E-state index contributed by atoms with van der Waals surface area (Å²) in [5, 5.41) is 1.13. The Morgan fingerprint density at radius 1 is 1.06 bits per heavy atom. The molecule has 2 heteroatoms. The molecule has 3 rings (SSSR count). The van der Waals surface area contributed by atoms with Gasteiger partial charge < -0.3 is 9.72 Å². The van der Waals surface area contributed by atoms with E-state index in [9.17, 15) is 0 Å². The molecule has 0 unspecified atom stereocenters. The van der Waals surface area contributed by atoms with Crippen LogP contribution in [0.3, 0.4) is 0 Å². The number of ether oxygens (including phenoxy) is 1. The lowest BCUT2D eigenvalue weighted by atomic mass is 10.2. The van der Waals surface area contributed by atoms with Crippen molar-refractivity contribution in [3.63, 3.8) is 0 Å². The van der Waals surface area contributed by atoms with Gasteiger partial charge >= 0.3 is 0 Å². The molecule has 1 aromatic heterocycles. The Hall–Kier alpha value is -2.22. The fourth-order valence-corrected chi connectivity index (χ4v) is 1.99. The minimum absolute atomic E-state index is 0.698. The van der Waals surface area contributed by atoms with Gasteiger partial charge in [0.25, 0.3) is 0 Å². The molecule has 2 aromatic carbocycles. The molecule has 0 amide bonds. The van der Waals surface area contributed by atoms with Crippen LogP contribution in [-0.4, -0.2) is 11.6 Å². The zero-order valence-corrected chi connectivity index (χ0v) is 10.0. The fourth-order valence-electron chi connectivity index (χ4n) is 1.99. The average molecular weight is 236 g/mol. The highest BCUT2D eigenvalue weighted by Crippen LogP contribution is 2.19. The summed E-state index contributed by atoms with van der Waals surface area (Å²) >= 11 is 0. The molecule has 89 valence electrons. The van der Waals surface area contributed by atoms with E-state index in [1.807, 2.05) is 30.3 Å². The summed E-state index contributed by atoms with van der Waals surface area (Å²) < 4.78 is 5.76. The van der Waals surface area contributed by atoms with Gasteiger partial charge in [-0.25, -0.2) is 0 Å². The largest absolute Gasteiger partial charge is 0.493 e. The van der Waals surface area contributed by atoms with Crippen LogP contribution in [0.2, 0.25) is 0 Å². The van der Waals surface area contributed by atoms with Crippen LogP contribution >= 0.6 is 0 Å². The third kappa shape index (κ3) is 2.38. The Balaban J connectivity index is 1.62. The Morgan fingerprint density at radius 3 is 2.83 bits per heavy atom. The smallest absolute Gasteiger partial charge is 0.120 e. The van der Waals surface area contributed by atoms with Crippen molar-refractivity contribution < 1.29 is 4.74 Å². The normalized spacial score (nSPS) is 10.7. The van der Waals surface area contributed by atoms with Crippen LogP contribution < -0.4 is 4.74 Å². The maximum atomic E-state index is 5.76. The summed E-state index contributed by atoms with van der Waals surface area (Å²) in [6.07, 6.45) is 3.90. The number of nitrogens with one attached hydrogen (secondary N) is 1. The van der Waals surface area contributed by atoms with E-state index in [2.05, 4.69) is 35.4 Å². The maximum Gasteiger partial charge on any atom is 0.120 e. The third-order valence-electron chi connectivity index (χ3n) is 2.96. The number of aromatic amines is 1. The minimum atomic E-state index is 0.698. The van der Waals surface area contributed by atoms with Gasteiger partial charge in [0.15, 0.2) is 0 Å². The molecule has 0 saturated carbocycles. The lowest BCUT2D eigenvalue weighted by Gasteiger charge is -2.06. The molecule has 0 saturated heterocycles. The SMILES string of the molecule is [c]1cc2cc(OCCc3ccccc3)ccc2[nH]1. The van der Waals surface area contributed by atoms with Crippen molar-refractivity contribution in [2.45, 2.75) is 6.42 Å². The first-order valence-electron chi connectivity index (χ1n) is 6.07. The number of hydrogen-bond acceptors (Lipinski definition) is 1. The predicted octanol–water partition coefficient (Wildman–Crippen LogP) is 3.59. The highest BCUT2D eigenvalue weighted by atomic mass is 16.5. The van der Waals surface area contributed by atoms with Crippen LogP contribution in [0, 0.1) is 6.20 Å². The topological polar surface area (TPSA) is 25.0 Å². The second-order valence-corrected chi connectivity index (χ2v) is 4.25. The molecule has 0 aliphatic rings. The van der Waals surface area contributed by atoms with Crippen LogP contribution in [0.15, 0.2) is 54.6 Å². The van der Waals surface area contributed by atoms with Crippen molar-refractivity contribution in [3.05, 3.63) is 66.4 Å². The third-order valence-corrected chi connectivity index (χ3v) is 2.96. The van der Waals surface area contributed by atoms with E-state index < -0.39 is 0 Å². The lowest BCUT2D eigenvalue weighted by molar-refractivity contribution is 0.322. The molecular formula is C16H14NO. The summed E-state index contributed by atoms with van der Waals surface area (Å²) in [7, 11) is 0. The monoisotopic (exact) mass is 236 g/mol. The number of rotatable bonds is 4. The van der Waals surface area contributed by atoms with E-state index in [1.54, 1.807) is 0 Å². The van der Waals surface area contributed by atoms with Gasteiger partial charge in [-0.1, -0.05) is 30.3 Å². The molecule has 0 aliphatic carbocycles. The van der Waals surface area contributed by atoms with Crippen LogP contribution in [0.5, 0.6) is 5.75 Å². The zero-order valence-electron chi connectivity index (χ0n) is 10.0.